The molecule has 0 spiro atoms. The van der Waals surface area contributed by atoms with Crippen molar-refractivity contribution in [3.05, 3.63) is 24.2 Å². The van der Waals surface area contributed by atoms with Crippen molar-refractivity contribution in [1.82, 2.24) is 0 Å². The highest BCUT2D eigenvalue weighted by Crippen LogP contribution is 2.07. The van der Waals surface area contributed by atoms with Crippen LogP contribution in [0.5, 0.6) is 0 Å². The molecule has 0 fully saturated rings. The Morgan fingerprint density at radius 2 is 2.15 bits per heavy atom. The Morgan fingerprint density at radius 3 is 2.62 bits per heavy atom. The normalized spacial score (nSPS) is 13.5. The summed E-state index contributed by atoms with van der Waals surface area (Å²) in [5, 5.41) is 0. The summed E-state index contributed by atoms with van der Waals surface area (Å²) in [7, 11) is 3.15. The summed E-state index contributed by atoms with van der Waals surface area (Å²) < 4.78 is 15.0. The van der Waals surface area contributed by atoms with Crippen LogP contribution in [0.15, 0.2) is 23.0 Å². The standard InChI is InChI=1S/C9H15NO3/c1-11-9(12-2)8(10)5-7-3-4-13-6-7/h3-4,6,8-9H,5,10H2,1-2H3. The van der Waals surface area contributed by atoms with Crippen molar-refractivity contribution in [3.8, 4) is 0 Å². The maximum atomic E-state index is 5.84. The number of furan rings is 1. The largest absolute Gasteiger partial charge is 0.472 e. The first kappa shape index (κ1) is 10.2. The molecule has 1 rings (SSSR count). The van der Waals surface area contributed by atoms with Crippen molar-refractivity contribution in [2.75, 3.05) is 14.2 Å². The molecule has 1 atom stereocenters. The minimum Gasteiger partial charge on any atom is -0.472 e. The summed E-state index contributed by atoms with van der Waals surface area (Å²) in [5.74, 6) is 0. The fraction of sp³-hybridized carbons (Fsp3) is 0.556. The van der Waals surface area contributed by atoms with Gasteiger partial charge in [-0.05, 0) is 18.1 Å². The molecule has 13 heavy (non-hydrogen) atoms. The third kappa shape index (κ3) is 2.84. The number of rotatable bonds is 5. The lowest BCUT2D eigenvalue weighted by Gasteiger charge is -2.20. The van der Waals surface area contributed by atoms with E-state index in [1.54, 1.807) is 26.7 Å². The van der Waals surface area contributed by atoms with Crippen LogP contribution in [0.3, 0.4) is 0 Å². The van der Waals surface area contributed by atoms with Gasteiger partial charge < -0.3 is 19.6 Å². The maximum Gasteiger partial charge on any atom is 0.172 e. The number of hydrogen-bond acceptors (Lipinski definition) is 4. The lowest BCUT2D eigenvalue weighted by molar-refractivity contribution is -0.115. The fourth-order valence-corrected chi connectivity index (χ4v) is 1.22. The zero-order valence-corrected chi connectivity index (χ0v) is 7.90. The number of hydrogen-bond donors (Lipinski definition) is 1. The Labute approximate surface area is 77.6 Å². The molecule has 4 heteroatoms. The monoisotopic (exact) mass is 185 g/mol. The summed E-state index contributed by atoms with van der Waals surface area (Å²) in [6, 6.07) is 1.70. The van der Waals surface area contributed by atoms with E-state index in [2.05, 4.69) is 0 Å². The molecule has 4 nitrogen and oxygen atoms in total. The molecule has 0 amide bonds. The lowest BCUT2D eigenvalue weighted by atomic mass is 10.1. The highest BCUT2D eigenvalue weighted by molar-refractivity contribution is 5.07. The highest BCUT2D eigenvalue weighted by Gasteiger charge is 2.16. The Balaban J connectivity index is 2.44. The Bertz CT molecular complexity index is 219. The van der Waals surface area contributed by atoms with Crippen molar-refractivity contribution >= 4 is 0 Å². The first-order valence-electron chi connectivity index (χ1n) is 4.10. The van der Waals surface area contributed by atoms with E-state index in [0.717, 1.165) is 5.56 Å². The van der Waals surface area contributed by atoms with Crippen LogP contribution < -0.4 is 5.73 Å². The first-order chi connectivity index (χ1) is 6.27. The average molecular weight is 185 g/mol. The molecule has 0 aliphatic heterocycles. The molecule has 1 aromatic rings. The SMILES string of the molecule is COC(OC)C(N)Cc1ccoc1. The Kier molecular flexibility index (Phi) is 3.95. The van der Waals surface area contributed by atoms with E-state index in [4.69, 9.17) is 19.6 Å². The minimum absolute atomic E-state index is 0.174. The first-order valence-corrected chi connectivity index (χ1v) is 4.10. The maximum absolute atomic E-state index is 5.84. The van der Waals surface area contributed by atoms with Gasteiger partial charge in [-0.25, -0.2) is 0 Å². The molecule has 1 heterocycles. The average Bonchev–Trinajstić information content (AvgIpc) is 2.59. The summed E-state index contributed by atoms with van der Waals surface area (Å²) in [4.78, 5) is 0. The second-order valence-electron chi connectivity index (χ2n) is 2.84. The van der Waals surface area contributed by atoms with Gasteiger partial charge in [0.15, 0.2) is 6.29 Å². The summed E-state index contributed by atoms with van der Waals surface area (Å²) in [5.41, 5.74) is 6.89. The van der Waals surface area contributed by atoms with Crippen LogP contribution in [0, 0.1) is 0 Å². The van der Waals surface area contributed by atoms with Gasteiger partial charge in [0.05, 0.1) is 18.6 Å². The Hall–Kier alpha value is -0.840. The molecule has 0 radical (unpaired) electrons. The van der Waals surface area contributed by atoms with Crippen molar-refractivity contribution < 1.29 is 13.9 Å². The van der Waals surface area contributed by atoms with Crippen LogP contribution in [-0.2, 0) is 15.9 Å². The van der Waals surface area contributed by atoms with Crippen LogP contribution in [0.25, 0.3) is 0 Å². The van der Waals surface area contributed by atoms with Crippen LogP contribution in [0.4, 0.5) is 0 Å². The van der Waals surface area contributed by atoms with E-state index < -0.39 is 0 Å². The van der Waals surface area contributed by atoms with Gasteiger partial charge in [-0.1, -0.05) is 0 Å². The predicted octanol–water partition coefficient (Wildman–Crippen LogP) is 0.768. The molecule has 0 aliphatic carbocycles. The molecule has 0 saturated heterocycles. The molecular weight excluding hydrogens is 170 g/mol. The van der Waals surface area contributed by atoms with E-state index in [9.17, 15) is 0 Å². The summed E-state index contributed by atoms with van der Waals surface area (Å²) >= 11 is 0. The number of ether oxygens (including phenoxy) is 2. The molecule has 0 aliphatic rings. The van der Waals surface area contributed by atoms with E-state index in [1.165, 1.54) is 0 Å². The predicted molar refractivity (Wildman–Crippen MR) is 48.2 cm³/mol. The van der Waals surface area contributed by atoms with Gasteiger partial charge in [0.1, 0.15) is 0 Å². The highest BCUT2D eigenvalue weighted by atomic mass is 16.7. The van der Waals surface area contributed by atoms with Crippen LogP contribution >= 0.6 is 0 Å². The third-order valence-corrected chi connectivity index (χ3v) is 1.87. The van der Waals surface area contributed by atoms with Gasteiger partial charge in [-0.2, -0.15) is 0 Å². The number of methoxy groups -OCH3 is 2. The second-order valence-corrected chi connectivity index (χ2v) is 2.84. The molecule has 2 N–H and O–H groups in total. The zero-order valence-electron chi connectivity index (χ0n) is 7.90. The molecule has 1 aromatic heterocycles. The van der Waals surface area contributed by atoms with Gasteiger partial charge in [-0.15, -0.1) is 0 Å². The topological polar surface area (TPSA) is 57.6 Å². The van der Waals surface area contributed by atoms with Crippen LogP contribution in [-0.4, -0.2) is 26.6 Å². The fourth-order valence-electron chi connectivity index (χ4n) is 1.22. The van der Waals surface area contributed by atoms with Gasteiger partial charge in [0, 0.05) is 14.2 Å². The van der Waals surface area contributed by atoms with Crippen molar-refractivity contribution in [2.24, 2.45) is 5.73 Å². The van der Waals surface area contributed by atoms with E-state index in [1.807, 2.05) is 6.07 Å². The number of nitrogens with two attached hydrogens (primary N) is 1. The van der Waals surface area contributed by atoms with Crippen molar-refractivity contribution in [2.45, 2.75) is 18.8 Å². The second kappa shape index (κ2) is 5.01. The van der Waals surface area contributed by atoms with Gasteiger partial charge in [0.25, 0.3) is 0 Å². The van der Waals surface area contributed by atoms with E-state index >= 15 is 0 Å². The summed E-state index contributed by atoms with van der Waals surface area (Å²) in [6.07, 6.45) is 3.61. The van der Waals surface area contributed by atoms with Gasteiger partial charge in [-0.3, -0.25) is 0 Å². The van der Waals surface area contributed by atoms with Gasteiger partial charge >= 0.3 is 0 Å². The Morgan fingerprint density at radius 1 is 1.46 bits per heavy atom. The molecule has 0 bridgehead atoms. The van der Waals surface area contributed by atoms with Crippen molar-refractivity contribution in [1.29, 1.82) is 0 Å². The molecule has 0 aromatic carbocycles. The molecule has 74 valence electrons. The minimum atomic E-state index is -0.366. The van der Waals surface area contributed by atoms with Crippen molar-refractivity contribution in [3.63, 3.8) is 0 Å². The zero-order chi connectivity index (χ0) is 9.68. The molecule has 1 unspecified atom stereocenters. The van der Waals surface area contributed by atoms with Gasteiger partial charge in [0.2, 0.25) is 0 Å². The van der Waals surface area contributed by atoms with E-state index in [-0.39, 0.29) is 12.3 Å². The van der Waals surface area contributed by atoms with Crippen LogP contribution in [0.2, 0.25) is 0 Å². The lowest BCUT2D eigenvalue weighted by Crippen LogP contribution is -2.39. The smallest absolute Gasteiger partial charge is 0.172 e. The van der Waals surface area contributed by atoms with E-state index in [0.29, 0.717) is 6.42 Å². The quantitative estimate of drug-likeness (QED) is 0.688. The molecule has 0 saturated carbocycles. The third-order valence-electron chi connectivity index (χ3n) is 1.87. The molecular formula is C9H15NO3. The summed E-state index contributed by atoms with van der Waals surface area (Å²) in [6.45, 7) is 0. The van der Waals surface area contributed by atoms with Crippen LogP contribution in [0.1, 0.15) is 5.56 Å².